The topological polar surface area (TPSA) is 59.1 Å². The van der Waals surface area contributed by atoms with Crippen LogP contribution in [0.4, 0.5) is 0 Å². The van der Waals surface area contributed by atoms with Gasteiger partial charge in [0.2, 0.25) is 10.0 Å². The van der Waals surface area contributed by atoms with Gasteiger partial charge in [0.15, 0.2) is 0 Å². The van der Waals surface area contributed by atoms with Crippen LogP contribution in [0, 0.1) is 5.41 Å². The summed E-state index contributed by atoms with van der Waals surface area (Å²) in [6.45, 7) is 4.01. The molecule has 0 bridgehead atoms. The minimum atomic E-state index is -3.56. The highest BCUT2D eigenvalue weighted by molar-refractivity contribution is 7.89. The van der Waals surface area contributed by atoms with Crippen molar-refractivity contribution >= 4 is 33.2 Å². The Labute approximate surface area is 110 Å². The first-order valence-electron chi connectivity index (χ1n) is 5.06. The lowest BCUT2D eigenvalue weighted by atomic mass is 10.2. The lowest BCUT2D eigenvalue weighted by molar-refractivity contribution is 0.554. The van der Waals surface area contributed by atoms with Crippen LogP contribution in [0.25, 0.3) is 0 Å². The molecule has 0 radical (unpaired) electrons. The highest BCUT2D eigenvalue weighted by Crippen LogP contribution is 2.45. The highest BCUT2D eigenvalue weighted by Gasteiger charge is 2.47. The van der Waals surface area contributed by atoms with E-state index in [-0.39, 0.29) is 26.5 Å². The van der Waals surface area contributed by atoms with E-state index in [0.717, 1.165) is 6.42 Å². The molecule has 1 aliphatic rings. The summed E-state index contributed by atoms with van der Waals surface area (Å²) < 4.78 is 26.6. The number of halogens is 2. The Kier molecular flexibility index (Phi) is 3.14. The van der Waals surface area contributed by atoms with Crippen molar-refractivity contribution in [2.75, 3.05) is 0 Å². The predicted molar refractivity (Wildman–Crippen MR) is 66.8 cm³/mol. The fourth-order valence-corrected chi connectivity index (χ4v) is 3.19. The van der Waals surface area contributed by atoms with Crippen molar-refractivity contribution in [2.24, 2.45) is 5.41 Å². The van der Waals surface area contributed by atoms with Crippen molar-refractivity contribution in [3.63, 3.8) is 0 Å². The molecule has 94 valence electrons. The van der Waals surface area contributed by atoms with Crippen molar-refractivity contribution < 1.29 is 8.42 Å². The van der Waals surface area contributed by atoms with Crippen LogP contribution in [0.5, 0.6) is 0 Å². The number of hydrogen-bond donors (Lipinski definition) is 1. The molecule has 1 aliphatic carbocycles. The average molecular weight is 295 g/mol. The summed E-state index contributed by atoms with van der Waals surface area (Å²) >= 11 is 11.4. The van der Waals surface area contributed by atoms with Gasteiger partial charge in [-0.25, -0.2) is 18.1 Å². The smallest absolute Gasteiger partial charge is 0.242 e. The molecule has 1 N–H and O–H groups in total. The maximum absolute atomic E-state index is 12.0. The summed E-state index contributed by atoms with van der Waals surface area (Å²) in [5, 5.41) is 0.224. The molecule has 1 aromatic rings. The van der Waals surface area contributed by atoms with Gasteiger partial charge >= 0.3 is 0 Å². The number of pyridine rings is 1. The number of nitrogens with zero attached hydrogens (tertiary/aromatic N) is 1. The largest absolute Gasteiger partial charge is 0.242 e. The van der Waals surface area contributed by atoms with Crippen molar-refractivity contribution in [1.29, 1.82) is 0 Å². The van der Waals surface area contributed by atoms with E-state index in [4.69, 9.17) is 23.2 Å². The van der Waals surface area contributed by atoms with Gasteiger partial charge in [-0.1, -0.05) is 37.0 Å². The summed E-state index contributed by atoms with van der Waals surface area (Å²) in [6.07, 6.45) is 2.03. The van der Waals surface area contributed by atoms with Crippen molar-refractivity contribution in [3.8, 4) is 0 Å². The summed E-state index contributed by atoms with van der Waals surface area (Å²) in [5.41, 5.74) is 0.0245. The van der Waals surface area contributed by atoms with Gasteiger partial charge in [0.25, 0.3) is 0 Å². The normalized spacial score (nSPS) is 22.5. The lowest BCUT2D eigenvalue weighted by Crippen LogP contribution is -2.28. The Balaban J connectivity index is 2.23. The van der Waals surface area contributed by atoms with E-state index in [2.05, 4.69) is 9.71 Å². The Morgan fingerprint density at radius 2 is 2.06 bits per heavy atom. The Morgan fingerprint density at radius 1 is 1.47 bits per heavy atom. The molecular formula is C10H12Cl2N2O2S. The SMILES string of the molecule is CC1(C)CC1NS(=O)(=O)c1cnc(Cl)c(Cl)c1. The van der Waals surface area contributed by atoms with Crippen LogP contribution in [-0.4, -0.2) is 19.4 Å². The summed E-state index contributed by atoms with van der Waals surface area (Å²) in [6, 6.07) is 1.27. The Hall–Kier alpha value is -0.360. The van der Waals surface area contributed by atoms with Crippen LogP contribution < -0.4 is 4.72 Å². The number of hydrogen-bond acceptors (Lipinski definition) is 3. The van der Waals surface area contributed by atoms with E-state index in [1.807, 2.05) is 13.8 Å². The quantitative estimate of drug-likeness (QED) is 0.871. The molecule has 0 spiro atoms. The molecule has 0 aromatic carbocycles. The molecule has 1 saturated carbocycles. The molecule has 0 saturated heterocycles. The van der Waals surface area contributed by atoms with Gasteiger partial charge in [-0.3, -0.25) is 0 Å². The zero-order valence-electron chi connectivity index (χ0n) is 9.37. The third kappa shape index (κ3) is 2.73. The van der Waals surface area contributed by atoms with Crippen LogP contribution in [0.1, 0.15) is 20.3 Å². The van der Waals surface area contributed by atoms with Gasteiger partial charge in [-0.2, -0.15) is 0 Å². The summed E-state index contributed by atoms with van der Waals surface area (Å²) in [4.78, 5) is 3.76. The third-order valence-corrected chi connectivity index (χ3v) is 5.02. The van der Waals surface area contributed by atoms with Crippen molar-refractivity contribution in [3.05, 3.63) is 22.4 Å². The van der Waals surface area contributed by atoms with Crippen LogP contribution in [0.15, 0.2) is 17.2 Å². The first-order valence-corrected chi connectivity index (χ1v) is 7.30. The zero-order chi connectivity index (χ0) is 12.8. The Bertz CT molecular complexity index is 557. The molecule has 17 heavy (non-hydrogen) atoms. The molecule has 7 heteroatoms. The van der Waals surface area contributed by atoms with E-state index in [1.165, 1.54) is 12.3 Å². The first kappa shape index (κ1) is 13.1. The zero-order valence-corrected chi connectivity index (χ0v) is 11.7. The van der Waals surface area contributed by atoms with Crippen LogP contribution in [0.3, 0.4) is 0 Å². The van der Waals surface area contributed by atoms with Crippen molar-refractivity contribution in [2.45, 2.75) is 31.2 Å². The van der Waals surface area contributed by atoms with Crippen molar-refractivity contribution in [1.82, 2.24) is 9.71 Å². The number of sulfonamides is 1. The van der Waals surface area contributed by atoms with Gasteiger partial charge in [0.1, 0.15) is 10.0 Å². The number of nitrogens with one attached hydrogen (secondary N) is 1. The fraction of sp³-hybridized carbons (Fsp3) is 0.500. The van der Waals surface area contributed by atoms with E-state index in [1.54, 1.807) is 0 Å². The minimum absolute atomic E-state index is 0.0245. The van der Waals surface area contributed by atoms with Gasteiger partial charge in [0, 0.05) is 12.2 Å². The molecule has 1 aromatic heterocycles. The first-order chi connectivity index (χ1) is 7.72. The molecular weight excluding hydrogens is 283 g/mol. The lowest BCUT2D eigenvalue weighted by Gasteiger charge is -2.08. The summed E-state index contributed by atoms with van der Waals surface area (Å²) in [5.74, 6) is 0. The minimum Gasteiger partial charge on any atom is -0.242 e. The van der Waals surface area contributed by atoms with Crippen LogP contribution >= 0.6 is 23.2 Å². The fourth-order valence-electron chi connectivity index (χ4n) is 1.47. The van der Waals surface area contributed by atoms with E-state index >= 15 is 0 Å². The summed E-state index contributed by atoms with van der Waals surface area (Å²) in [7, 11) is -3.56. The average Bonchev–Trinajstić information content (AvgIpc) is 2.77. The predicted octanol–water partition coefficient (Wildman–Crippen LogP) is 2.47. The molecule has 1 fully saturated rings. The molecule has 2 rings (SSSR count). The molecule has 1 heterocycles. The number of rotatable bonds is 3. The van der Waals surface area contributed by atoms with Gasteiger partial charge in [0.05, 0.1) is 5.02 Å². The standard InChI is InChI=1S/C10H12Cl2N2O2S/c1-10(2)4-8(10)14-17(15,16)6-3-7(11)9(12)13-5-6/h3,5,8,14H,4H2,1-2H3. The molecule has 4 nitrogen and oxygen atoms in total. The van der Waals surface area contributed by atoms with Gasteiger partial charge < -0.3 is 0 Å². The van der Waals surface area contributed by atoms with Crippen LogP contribution in [-0.2, 0) is 10.0 Å². The third-order valence-electron chi connectivity index (χ3n) is 2.89. The maximum atomic E-state index is 12.0. The van der Waals surface area contributed by atoms with Gasteiger partial charge in [-0.05, 0) is 17.9 Å². The molecule has 1 unspecified atom stereocenters. The maximum Gasteiger partial charge on any atom is 0.242 e. The monoisotopic (exact) mass is 294 g/mol. The molecule has 0 aliphatic heterocycles. The Morgan fingerprint density at radius 3 is 2.53 bits per heavy atom. The van der Waals surface area contributed by atoms with E-state index in [0.29, 0.717) is 0 Å². The highest BCUT2D eigenvalue weighted by atomic mass is 35.5. The second-order valence-electron chi connectivity index (χ2n) is 4.81. The second kappa shape index (κ2) is 4.09. The van der Waals surface area contributed by atoms with E-state index < -0.39 is 10.0 Å². The number of aromatic nitrogens is 1. The van der Waals surface area contributed by atoms with E-state index in [9.17, 15) is 8.42 Å². The van der Waals surface area contributed by atoms with Crippen LogP contribution in [0.2, 0.25) is 10.2 Å². The molecule has 0 amide bonds. The molecule has 1 atom stereocenters. The van der Waals surface area contributed by atoms with Gasteiger partial charge in [-0.15, -0.1) is 0 Å². The second-order valence-corrected chi connectivity index (χ2v) is 7.29.